The van der Waals surface area contributed by atoms with E-state index in [-0.39, 0.29) is 11.9 Å². The summed E-state index contributed by atoms with van der Waals surface area (Å²) in [6.07, 6.45) is 4.01. The molecule has 10 heteroatoms. The van der Waals surface area contributed by atoms with Crippen LogP contribution in [-0.4, -0.2) is 66.6 Å². The minimum Gasteiger partial charge on any atom is -0.381 e. The van der Waals surface area contributed by atoms with Gasteiger partial charge in [0, 0.05) is 43.2 Å². The number of ether oxygens (including phenoxy) is 3. The highest BCUT2D eigenvalue weighted by Gasteiger charge is 2.39. The maximum absolute atomic E-state index is 12.5. The number of hydrogen-bond acceptors (Lipinski definition) is 8. The van der Waals surface area contributed by atoms with E-state index in [9.17, 15) is 4.79 Å². The number of fused-ring (bicyclic) bond motifs is 2. The summed E-state index contributed by atoms with van der Waals surface area (Å²) in [5.41, 5.74) is 3.31. The van der Waals surface area contributed by atoms with Crippen LogP contribution in [0.3, 0.4) is 0 Å². The van der Waals surface area contributed by atoms with Gasteiger partial charge in [-0.2, -0.15) is 9.97 Å². The second kappa shape index (κ2) is 11.6. The average molecular weight is 531 g/mol. The first-order valence-corrected chi connectivity index (χ1v) is 13.6. The molecule has 10 nitrogen and oxygen atoms in total. The van der Waals surface area contributed by atoms with Crippen molar-refractivity contribution in [2.24, 2.45) is 0 Å². The summed E-state index contributed by atoms with van der Waals surface area (Å²) in [6, 6.07) is 15.5. The number of morpholine rings is 1. The second-order valence-corrected chi connectivity index (χ2v) is 10.3. The molecule has 1 aromatic heterocycles. The number of urea groups is 1. The number of nitrogens with zero attached hydrogens (tertiary/aromatic N) is 4. The number of amides is 2. The lowest BCUT2D eigenvalue weighted by Crippen LogP contribution is -2.47. The van der Waals surface area contributed by atoms with E-state index in [0.717, 1.165) is 61.8 Å². The van der Waals surface area contributed by atoms with Crippen LogP contribution in [0.4, 0.5) is 22.1 Å². The van der Waals surface area contributed by atoms with Crippen molar-refractivity contribution < 1.29 is 19.0 Å². The number of carbonyl (C=O) groups excluding carboxylic acids is 1. The molecule has 3 saturated heterocycles. The molecule has 0 aliphatic carbocycles. The molecule has 0 saturated carbocycles. The van der Waals surface area contributed by atoms with Crippen LogP contribution in [0.15, 0.2) is 48.5 Å². The molecule has 2 bridgehead atoms. The lowest BCUT2D eigenvalue weighted by Gasteiger charge is -2.35. The van der Waals surface area contributed by atoms with Gasteiger partial charge in [-0.05, 0) is 67.6 Å². The van der Waals surface area contributed by atoms with E-state index in [4.69, 9.17) is 29.2 Å². The number of hydrogen-bond donors (Lipinski definition) is 2. The normalized spacial score (nSPS) is 21.1. The van der Waals surface area contributed by atoms with Crippen LogP contribution >= 0.6 is 0 Å². The van der Waals surface area contributed by atoms with Crippen molar-refractivity contribution in [3.63, 3.8) is 0 Å². The molecule has 39 heavy (non-hydrogen) atoms. The Morgan fingerprint density at radius 1 is 0.872 bits per heavy atom. The monoisotopic (exact) mass is 530 g/mol. The molecule has 6 rings (SSSR count). The summed E-state index contributed by atoms with van der Waals surface area (Å²) in [4.78, 5) is 29.7. The fraction of sp³-hybridized carbons (Fsp3) is 0.448. The highest BCUT2D eigenvalue weighted by atomic mass is 16.5. The Balaban J connectivity index is 1.20. The van der Waals surface area contributed by atoms with Gasteiger partial charge in [0.1, 0.15) is 5.82 Å². The Kier molecular flexibility index (Phi) is 7.67. The first-order chi connectivity index (χ1) is 19.2. The summed E-state index contributed by atoms with van der Waals surface area (Å²) in [7, 11) is 1.66. The summed E-state index contributed by atoms with van der Waals surface area (Å²) in [5.74, 6) is 2.49. The molecule has 204 valence electrons. The zero-order valence-corrected chi connectivity index (χ0v) is 22.1. The number of nitrogens with one attached hydrogen (secondary N) is 2. The van der Waals surface area contributed by atoms with Gasteiger partial charge in [0.15, 0.2) is 5.82 Å². The maximum Gasteiger partial charge on any atom is 0.323 e. The third-order valence-electron chi connectivity index (χ3n) is 7.62. The molecule has 2 amide bonds. The van der Waals surface area contributed by atoms with Crippen LogP contribution in [0.2, 0.25) is 0 Å². The van der Waals surface area contributed by atoms with E-state index in [1.165, 1.54) is 0 Å². The largest absolute Gasteiger partial charge is 0.381 e. The van der Waals surface area contributed by atoms with Crippen LogP contribution in [-0.2, 0) is 20.8 Å². The van der Waals surface area contributed by atoms with Crippen LogP contribution in [0, 0.1) is 0 Å². The molecule has 2 aromatic carbocycles. The zero-order chi connectivity index (χ0) is 26.6. The minimum atomic E-state index is -0.311. The van der Waals surface area contributed by atoms with Crippen molar-refractivity contribution in [1.29, 1.82) is 0 Å². The van der Waals surface area contributed by atoms with Crippen LogP contribution in [0.1, 0.15) is 43.0 Å². The summed E-state index contributed by atoms with van der Waals surface area (Å²) in [5, 5.41) is 5.75. The Morgan fingerprint density at radius 3 is 2.15 bits per heavy atom. The topological polar surface area (TPSA) is 111 Å². The quantitative estimate of drug-likeness (QED) is 0.456. The highest BCUT2D eigenvalue weighted by Crippen LogP contribution is 2.34. The molecular formula is C29H34N6O4. The number of rotatable bonds is 7. The van der Waals surface area contributed by atoms with E-state index in [1.807, 2.05) is 48.5 Å². The predicted molar refractivity (Wildman–Crippen MR) is 148 cm³/mol. The van der Waals surface area contributed by atoms with Gasteiger partial charge in [-0.1, -0.05) is 12.1 Å². The number of methoxy groups -OCH3 is 1. The predicted octanol–water partition coefficient (Wildman–Crippen LogP) is 4.59. The molecule has 3 aliphatic heterocycles. The van der Waals surface area contributed by atoms with Gasteiger partial charge in [0.25, 0.3) is 0 Å². The van der Waals surface area contributed by atoms with Crippen molar-refractivity contribution in [2.45, 2.75) is 50.3 Å². The third kappa shape index (κ3) is 5.88. The number of benzene rings is 2. The number of aromatic nitrogens is 3. The molecular weight excluding hydrogens is 496 g/mol. The Morgan fingerprint density at radius 2 is 1.51 bits per heavy atom. The summed E-state index contributed by atoms with van der Waals surface area (Å²) < 4.78 is 16.5. The van der Waals surface area contributed by atoms with E-state index < -0.39 is 0 Å². The third-order valence-corrected chi connectivity index (χ3v) is 7.62. The molecule has 0 spiro atoms. The van der Waals surface area contributed by atoms with Crippen molar-refractivity contribution in [3.05, 3.63) is 59.9 Å². The van der Waals surface area contributed by atoms with Crippen molar-refractivity contribution in [2.75, 3.05) is 49.1 Å². The molecule has 2 unspecified atom stereocenters. The lowest BCUT2D eigenvalue weighted by molar-refractivity contribution is 0.0831. The van der Waals surface area contributed by atoms with Crippen molar-refractivity contribution in [3.8, 4) is 11.4 Å². The van der Waals surface area contributed by atoms with Crippen LogP contribution < -0.4 is 15.5 Å². The molecule has 2 N–H and O–H groups in total. The lowest BCUT2D eigenvalue weighted by atomic mass is 9.99. The van der Waals surface area contributed by atoms with Gasteiger partial charge < -0.3 is 29.7 Å². The standard InChI is InChI=1S/C29H34N6O4/c1-37-16-19-2-6-22(7-3-19)30-29(36)31-23-8-4-20(5-9-23)26-32-27(21-12-14-38-15-13-21)34-28(33-26)35-24-10-11-25(35)18-39-17-24/h2-9,21,24-25H,10-18H2,1H3,(H2,30,31,36). The van der Waals surface area contributed by atoms with Crippen LogP contribution in [0.25, 0.3) is 11.4 Å². The van der Waals surface area contributed by atoms with Gasteiger partial charge in [-0.15, -0.1) is 0 Å². The maximum atomic E-state index is 12.5. The first kappa shape index (κ1) is 25.7. The first-order valence-electron chi connectivity index (χ1n) is 13.6. The molecule has 3 aliphatic rings. The fourth-order valence-electron chi connectivity index (χ4n) is 5.57. The van der Waals surface area contributed by atoms with Gasteiger partial charge in [-0.25, -0.2) is 9.78 Å². The van der Waals surface area contributed by atoms with Crippen LogP contribution in [0.5, 0.6) is 0 Å². The Hall–Kier alpha value is -3.60. The summed E-state index contributed by atoms with van der Waals surface area (Å²) >= 11 is 0. The zero-order valence-electron chi connectivity index (χ0n) is 22.1. The van der Waals surface area contributed by atoms with Gasteiger partial charge >= 0.3 is 6.03 Å². The Bertz CT molecular complexity index is 1260. The molecule has 2 atom stereocenters. The second-order valence-electron chi connectivity index (χ2n) is 10.3. The van der Waals surface area contributed by atoms with E-state index >= 15 is 0 Å². The SMILES string of the molecule is COCc1ccc(NC(=O)Nc2ccc(-c3nc(C4CCOCC4)nc(N4C5CCC4COC5)n3)cc2)cc1. The fourth-order valence-corrected chi connectivity index (χ4v) is 5.57. The Labute approximate surface area is 228 Å². The van der Waals surface area contributed by atoms with Gasteiger partial charge in [0.2, 0.25) is 5.95 Å². The minimum absolute atomic E-state index is 0.256. The molecule has 3 aromatic rings. The van der Waals surface area contributed by atoms with Crippen molar-refractivity contribution >= 4 is 23.4 Å². The van der Waals surface area contributed by atoms with Crippen molar-refractivity contribution in [1.82, 2.24) is 15.0 Å². The van der Waals surface area contributed by atoms with Gasteiger partial charge in [-0.3, -0.25) is 0 Å². The van der Waals surface area contributed by atoms with E-state index in [0.29, 0.717) is 49.1 Å². The smallest absolute Gasteiger partial charge is 0.323 e. The molecule has 3 fully saturated rings. The van der Waals surface area contributed by atoms with Gasteiger partial charge in [0.05, 0.1) is 31.9 Å². The molecule has 4 heterocycles. The van der Waals surface area contributed by atoms with E-state index in [1.54, 1.807) is 7.11 Å². The average Bonchev–Trinajstić information content (AvgIpc) is 3.22. The van der Waals surface area contributed by atoms with E-state index in [2.05, 4.69) is 15.5 Å². The number of carbonyl (C=O) groups is 1. The summed E-state index contributed by atoms with van der Waals surface area (Å²) in [6.45, 7) is 3.41. The molecule has 0 radical (unpaired) electrons. The highest BCUT2D eigenvalue weighted by molar-refractivity contribution is 5.99. The number of anilines is 3.